The van der Waals surface area contributed by atoms with E-state index in [1.807, 2.05) is 29.1 Å². The second kappa shape index (κ2) is 10.4. The Morgan fingerprint density at radius 2 is 2.00 bits per heavy atom. The molecule has 1 aliphatic heterocycles. The maximum atomic E-state index is 12.8. The van der Waals surface area contributed by atoms with Gasteiger partial charge in [0.2, 0.25) is 0 Å². The van der Waals surface area contributed by atoms with Gasteiger partial charge in [-0.05, 0) is 49.1 Å². The average Bonchev–Trinajstić information content (AvgIpc) is 2.77. The lowest BCUT2D eigenvalue weighted by atomic mass is 9.81. The fourth-order valence-corrected chi connectivity index (χ4v) is 3.93. The molecule has 2 atom stereocenters. The van der Waals surface area contributed by atoms with Crippen LogP contribution in [-0.2, 0) is 17.8 Å². The van der Waals surface area contributed by atoms with Crippen LogP contribution in [0.2, 0.25) is 0 Å². The highest BCUT2D eigenvalue weighted by Crippen LogP contribution is 2.27. The van der Waals surface area contributed by atoms with Crippen molar-refractivity contribution >= 4 is 25.4 Å². The molecule has 0 aromatic heterocycles. The van der Waals surface area contributed by atoms with Crippen molar-refractivity contribution < 1.29 is 29.3 Å². The second-order valence-electron chi connectivity index (χ2n) is 7.48. The van der Waals surface area contributed by atoms with E-state index < -0.39 is 12.1 Å². The minimum Gasteiger partial charge on any atom is -0.493 e. The van der Waals surface area contributed by atoms with Crippen LogP contribution in [0.1, 0.15) is 51.6 Å². The Hall–Kier alpha value is -2.97. The number of benzene rings is 2. The van der Waals surface area contributed by atoms with Crippen LogP contribution in [0.15, 0.2) is 42.5 Å². The van der Waals surface area contributed by atoms with Gasteiger partial charge in [0.15, 0.2) is 5.78 Å². The number of aliphatic hydroxyl groups excluding tert-OH is 1. The van der Waals surface area contributed by atoms with Gasteiger partial charge in [0.25, 0.3) is 7.41 Å². The van der Waals surface area contributed by atoms with Gasteiger partial charge in [0, 0.05) is 19.0 Å². The summed E-state index contributed by atoms with van der Waals surface area (Å²) < 4.78 is 5.46. The number of nitrogens with zero attached hydrogens (tertiary/aromatic N) is 1. The zero-order valence-electron chi connectivity index (χ0n) is 17.4. The van der Waals surface area contributed by atoms with Crippen molar-refractivity contribution in [2.75, 3.05) is 6.61 Å². The number of fused-ring (bicyclic) bond motifs is 1. The van der Waals surface area contributed by atoms with E-state index in [0.717, 1.165) is 11.1 Å². The van der Waals surface area contributed by atoms with E-state index in [1.165, 1.54) is 25.6 Å². The van der Waals surface area contributed by atoms with E-state index in [2.05, 4.69) is 0 Å². The molecule has 161 valence electrons. The lowest BCUT2D eigenvalue weighted by Gasteiger charge is -2.38. The molecule has 3 rings (SSSR count). The molecule has 0 aliphatic carbocycles. The lowest BCUT2D eigenvalue weighted by Crippen LogP contribution is -2.49. The van der Waals surface area contributed by atoms with Crippen molar-refractivity contribution in [1.82, 2.24) is 4.81 Å². The van der Waals surface area contributed by atoms with Crippen LogP contribution >= 0.6 is 0 Å². The van der Waals surface area contributed by atoms with Crippen LogP contribution in [0.4, 0.5) is 0 Å². The van der Waals surface area contributed by atoms with Gasteiger partial charge in [-0.2, -0.15) is 0 Å². The van der Waals surface area contributed by atoms with E-state index in [4.69, 9.17) is 9.84 Å². The van der Waals surface area contributed by atoms with Crippen molar-refractivity contribution in [3.8, 4) is 5.75 Å². The molecular formula is C23H25BNO6. The van der Waals surface area contributed by atoms with Crippen molar-refractivity contribution in [3.05, 3.63) is 64.7 Å². The number of aromatic carboxylic acids is 1. The molecule has 0 fully saturated rings. The van der Waals surface area contributed by atoms with Crippen molar-refractivity contribution in [1.29, 1.82) is 0 Å². The van der Waals surface area contributed by atoms with Crippen LogP contribution in [0, 0.1) is 0 Å². The Morgan fingerprint density at radius 1 is 1.26 bits per heavy atom. The Kier molecular flexibility index (Phi) is 7.60. The van der Waals surface area contributed by atoms with Crippen LogP contribution in [0.5, 0.6) is 5.75 Å². The van der Waals surface area contributed by atoms with E-state index >= 15 is 0 Å². The number of carbonyl (C=O) groups excluding carboxylic acids is 2. The average molecular weight is 422 g/mol. The van der Waals surface area contributed by atoms with Crippen molar-refractivity contribution in [2.45, 2.75) is 44.9 Å². The first-order valence-corrected chi connectivity index (χ1v) is 10.3. The number of Topliss-reactive ketones (excluding diaryl/α,β-unsaturated/α-hetero) is 1. The Labute approximate surface area is 181 Å². The highest BCUT2D eigenvalue weighted by atomic mass is 16.5. The third kappa shape index (κ3) is 5.40. The highest BCUT2D eigenvalue weighted by molar-refractivity contribution is 6.64. The largest absolute Gasteiger partial charge is 0.493 e. The third-order valence-electron chi connectivity index (χ3n) is 5.52. The number of hydrogen-bond acceptors (Lipinski definition) is 6. The normalized spacial score (nSPS) is 16.8. The topological polar surface area (TPSA) is 104 Å². The summed E-state index contributed by atoms with van der Waals surface area (Å²) in [6.45, 7) is 2.57. The quantitative estimate of drug-likeness (QED) is 0.344. The predicted octanol–water partition coefficient (Wildman–Crippen LogP) is 2.34. The first-order valence-electron chi connectivity index (χ1n) is 10.3. The second-order valence-corrected chi connectivity index (χ2v) is 7.48. The van der Waals surface area contributed by atoms with E-state index in [9.17, 15) is 19.5 Å². The molecule has 1 heterocycles. The number of aliphatic hydroxyl groups is 1. The monoisotopic (exact) mass is 422 g/mol. The van der Waals surface area contributed by atoms with Crippen molar-refractivity contribution in [3.63, 3.8) is 0 Å². The molecule has 1 radical (unpaired) electrons. The van der Waals surface area contributed by atoms with E-state index in [0.29, 0.717) is 31.3 Å². The summed E-state index contributed by atoms with van der Waals surface area (Å²) in [5.74, 6) is -1.11. The van der Waals surface area contributed by atoms with Gasteiger partial charge in [0.1, 0.15) is 5.75 Å². The number of ether oxygens (including phenoxy) is 1. The van der Waals surface area contributed by atoms with Gasteiger partial charge in [-0.1, -0.05) is 24.3 Å². The first kappa shape index (κ1) is 22.7. The summed E-state index contributed by atoms with van der Waals surface area (Å²) in [5, 5.41) is 20.0. The third-order valence-corrected chi connectivity index (χ3v) is 5.52. The summed E-state index contributed by atoms with van der Waals surface area (Å²) in [5.41, 5.74) is 2.57. The fraction of sp³-hybridized carbons (Fsp3) is 0.348. The molecule has 0 spiro atoms. The Balaban J connectivity index is 1.71. The van der Waals surface area contributed by atoms with Crippen LogP contribution < -0.4 is 4.74 Å². The van der Waals surface area contributed by atoms with Gasteiger partial charge >= 0.3 is 5.97 Å². The SMILES string of the molecule is CCOc1cc(C(=O)O)ccc1C(=O)CC[C@@H](O)[C@@H]1Cc2ccccc2CN1[B]C=O. The minimum atomic E-state index is -1.10. The molecule has 0 bridgehead atoms. The summed E-state index contributed by atoms with van der Waals surface area (Å²) in [6.07, 6.45) is 0.745. The van der Waals surface area contributed by atoms with E-state index in [1.54, 1.807) is 6.92 Å². The minimum absolute atomic E-state index is 0.0425. The molecule has 31 heavy (non-hydrogen) atoms. The van der Waals surface area contributed by atoms with Gasteiger partial charge in [-0.3, -0.25) is 4.79 Å². The standard InChI is InChI=1S/C23H25BNO6/c1-2-31-22-12-16(23(29)30)7-8-18(22)20(27)9-10-21(28)19-11-15-5-3-4-6-17(15)13-25(19)24-14-26/h3-8,12,14,19,21,28H,2,9-11,13H2,1H3,(H,29,30)/t19-,21+/m0/s1. The number of ketones is 1. The number of rotatable bonds is 10. The van der Waals surface area contributed by atoms with Crippen molar-refractivity contribution in [2.24, 2.45) is 0 Å². The summed E-state index contributed by atoms with van der Waals surface area (Å²) in [6, 6.07) is 11.8. The molecular weight excluding hydrogens is 397 g/mol. The number of carbonyl (C=O) groups is 3. The van der Waals surface area contributed by atoms with Gasteiger partial charge in [0.05, 0.1) is 30.0 Å². The molecule has 0 unspecified atom stereocenters. The maximum absolute atomic E-state index is 12.8. The number of hydrogen-bond donors (Lipinski definition) is 2. The molecule has 0 amide bonds. The number of carboxylic acids is 1. The smallest absolute Gasteiger partial charge is 0.335 e. The summed E-state index contributed by atoms with van der Waals surface area (Å²) >= 11 is 0. The molecule has 7 nitrogen and oxygen atoms in total. The molecule has 2 aromatic carbocycles. The zero-order chi connectivity index (χ0) is 22.4. The zero-order valence-corrected chi connectivity index (χ0v) is 17.4. The van der Waals surface area contributed by atoms with Gasteiger partial charge in [-0.15, -0.1) is 0 Å². The Bertz CT molecular complexity index is 963. The molecule has 8 heteroatoms. The maximum Gasteiger partial charge on any atom is 0.335 e. The predicted molar refractivity (Wildman–Crippen MR) is 116 cm³/mol. The van der Waals surface area contributed by atoms with Crippen LogP contribution in [-0.4, -0.2) is 59.1 Å². The molecule has 1 aliphatic rings. The highest BCUT2D eigenvalue weighted by Gasteiger charge is 2.31. The van der Waals surface area contributed by atoms with Gasteiger partial charge in [-0.25, -0.2) is 4.79 Å². The molecule has 2 aromatic rings. The Morgan fingerprint density at radius 3 is 2.68 bits per heavy atom. The van der Waals surface area contributed by atoms with Crippen LogP contribution in [0.25, 0.3) is 0 Å². The van der Waals surface area contributed by atoms with E-state index in [-0.39, 0.29) is 36.0 Å². The van der Waals surface area contributed by atoms with Gasteiger partial charge < -0.3 is 24.6 Å². The van der Waals surface area contributed by atoms with Crippen LogP contribution in [0.3, 0.4) is 0 Å². The summed E-state index contributed by atoms with van der Waals surface area (Å²) in [4.78, 5) is 36.9. The molecule has 0 saturated carbocycles. The number of carboxylic acid groups (broad SMARTS) is 1. The summed E-state index contributed by atoms with van der Waals surface area (Å²) in [7, 11) is 1.43. The molecule has 2 N–H and O–H groups in total. The lowest BCUT2D eigenvalue weighted by molar-refractivity contribution is 0.0675. The first-order chi connectivity index (χ1) is 14.9. The molecule has 0 saturated heterocycles. The fourth-order valence-electron chi connectivity index (χ4n) is 3.93.